The third kappa shape index (κ3) is 3.51. The van der Waals surface area contributed by atoms with Crippen molar-refractivity contribution in [2.45, 2.75) is 52.3 Å². The van der Waals surface area contributed by atoms with Gasteiger partial charge in [0.1, 0.15) is 5.60 Å². The molecule has 0 aliphatic carbocycles. The topological polar surface area (TPSA) is 55.6 Å². The Morgan fingerprint density at radius 3 is 2.75 bits per heavy atom. The van der Waals surface area contributed by atoms with Crippen LogP contribution >= 0.6 is 0 Å². The number of hydrogen-bond donors (Lipinski definition) is 1. The van der Waals surface area contributed by atoms with Crippen molar-refractivity contribution in [1.82, 2.24) is 4.90 Å². The normalized spacial score (nSPS) is 19.2. The minimum Gasteiger partial charge on any atom is -0.444 e. The second-order valence-corrected chi connectivity index (χ2v) is 6.50. The standard InChI is InChI=1S/C16H24N2O2/c1-11-5-6-12-10-18(15(19)20-16(2,3)4)8-7-14(17)13(12)9-11/h5-6,9,14H,7-8,10,17H2,1-4H3/t14-/m1/s1. The van der Waals surface area contributed by atoms with Gasteiger partial charge in [0.05, 0.1) is 0 Å². The number of nitrogens with two attached hydrogens (primary N) is 1. The third-order valence-corrected chi connectivity index (χ3v) is 3.42. The van der Waals surface area contributed by atoms with E-state index < -0.39 is 5.60 Å². The number of fused-ring (bicyclic) bond motifs is 1. The fourth-order valence-corrected chi connectivity index (χ4v) is 2.42. The highest BCUT2D eigenvalue weighted by atomic mass is 16.6. The minimum absolute atomic E-state index is 0.0164. The molecule has 20 heavy (non-hydrogen) atoms. The second-order valence-electron chi connectivity index (χ2n) is 6.50. The first-order chi connectivity index (χ1) is 9.26. The van der Waals surface area contributed by atoms with E-state index in [0.717, 1.165) is 17.5 Å². The van der Waals surface area contributed by atoms with Crippen LogP contribution in [-0.4, -0.2) is 23.1 Å². The Morgan fingerprint density at radius 2 is 2.10 bits per heavy atom. The Kier molecular flexibility index (Phi) is 4.04. The zero-order chi connectivity index (χ0) is 14.9. The molecule has 2 N–H and O–H groups in total. The van der Waals surface area contributed by atoms with Gasteiger partial charge in [0.15, 0.2) is 0 Å². The summed E-state index contributed by atoms with van der Waals surface area (Å²) < 4.78 is 5.45. The predicted octanol–water partition coefficient (Wildman–Crippen LogP) is 3.14. The van der Waals surface area contributed by atoms with Gasteiger partial charge in [-0.2, -0.15) is 0 Å². The molecule has 1 amide bonds. The van der Waals surface area contributed by atoms with Gasteiger partial charge >= 0.3 is 6.09 Å². The van der Waals surface area contributed by atoms with Crippen LogP contribution in [0.2, 0.25) is 0 Å². The molecule has 0 saturated carbocycles. The number of benzene rings is 1. The maximum atomic E-state index is 12.2. The van der Waals surface area contributed by atoms with Crippen LogP contribution in [0.4, 0.5) is 4.79 Å². The number of nitrogens with zero attached hydrogens (tertiary/aromatic N) is 1. The van der Waals surface area contributed by atoms with E-state index in [1.54, 1.807) is 4.90 Å². The SMILES string of the molecule is Cc1ccc2c(c1)[C@H](N)CCN(C(=O)OC(C)(C)C)C2. The van der Waals surface area contributed by atoms with Crippen molar-refractivity contribution in [3.05, 3.63) is 34.9 Å². The number of hydrogen-bond acceptors (Lipinski definition) is 3. The summed E-state index contributed by atoms with van der Waals surface area (Å²) in [4.78, 5) is 14.0. The zero-order valence-corrected chi connectivity index (χ0v) is 12.8. The van der Waals surface area contributed by atoms with Crippen LogP contribution in [0.1, 0.15) is 49.9 Å². The maximum Gasteiger partial charge on any atom is 0.410 e. The summed E-state index contributed by atoms with van der Waals surface area (Å²) in [6.07, 6.45) is 0.494. The van der Waals surface area contributed by atoms with Crippen LogP contribution in [-0.2, 0) is 11.3 Å². The van der Waals surface area contributed by atoms with Gasteiger partial charge in [-0.3, -0.25) is 0 Å². The second kappa shape index (κ2) is 5.44. The van der Waals surface area contributed by atoms with Gasteiger partial charge in [0.2, 0.25) is 0 Å². The number of carbonyl (C=O) groups is 1. The van der Waals surface area contributed by atoms with E-state index in [0.29, 0.717) is 13.1 Å². The van der Waals surface area contributed by atoms with Crippen molar-refractivity contribution < 1.29 is 9.53 Å². The summed E-state index contributed by atoms with van der Waals surface area (Å²) in [6, 6.07) is 6.23. The highest BCUT2D eigenvalue weighted by Crippen LogP contribution is 2.26. The minimum atomic E-state index is -0.471. The van der Waals surface area contributed by atoms with Gasteiger partial charge < -0.3 is 15.4 Å². The Morgan fingerprint density at radius 1 is 1.40 bits per heavy atom. The summed E-state index contributed by atoms with van der Waals surface area (Å²) in [5.41, 5.74) is 9.22. The van der Waals surface area contributed by atoms with Crippen molar-refractivity contribution >= 4 is 6.09 Å². The van der Waals surface area contributed by atoms with Gasteiger partial charge in [-0.05, 0) is 45.2 Å². The van der Waals surface area contributed by atoms with Crippen molar-refractivity contribution in [3.63, 3.8) is 0 Å². The fraction of sp³-hybridized carbons (Fsp3) is 0.562. The number of rotatable bonds is 0. The van der Waals surface area contributed by atoms with Gasteiger partial charge in [-0.15, -0.1) is 0 Å². The highest BCUT2D eigenvalue weighted by molar-refractivity contribution is 5.68. The molecule has 4 nitrogen and oxygen atoms in total. The maximum absolute atomic E-state index is 12.2. The van der Waals surface area contributed by atoms with E-state index in [1.165, 1.54) is 5.56 Å². The van der Waals surface area contributed by atoms with E-state index in [9.17, 15) is 4.79 Å². The van der Waals surface area contributed by atoms with Crippen molar-refractivity contribution in [2.24, 2.45) is 5.73 Å². The molecule has 0 spiro atoms. The molecule has 110 valence electrons. The molecule has 0 fully saturated rings. The van der Waals surface area contributed by atoms with Crippen LogP contribution in [0.3, 0.4) is 0 Å². The van der Waals surface area contributed by atoms with E-state index in [-0.39, 0.29) is 12.1 Å². The lowest BCUT2D eigenvalue weighted by molar-refractivity contribution is 0.0235. The molecule has 2 rings (SSSR count). The molecular weight excluding hydrogens is 252 g/mol. The van der Waals surface area contributed by atoms with Crippen LogP contribution in [0.25, 0.3) is 0 Å². The first-order valence-corrected chi connectivity index (χ1v) is 7.09. The largest absolute Gasteiger partial charge is 0.444 e. The van der Waals surface area contributed by atoms with E-state index in [4.69, 9.17) is 10.5 Å². The molecule has 0 saturated heterocycles. The Balaban J connectivity index is 2.20. The Bertz CT molecular complexity index is 506. The summed E-state index contributed by atoms with van der Waals surface area (Å²) in [7, 11) is 0. The van der Waals surface area contributed by atoms with Gasteiger partial charge in [-0.25, -0.2) is 4.79 Å². The molecule has 1 atom stereocenters. The van der Waals surface area contributed by atoms with Crippen LogP contribution < -0.4 is 5.73 Å². The van der Waals surface area contributed by atoms with Crippen molar-refractivity contribution in [3.8, 4) is 0 Å². The lowest BCUT2D eigenvalue weighted by atomic mass is 9.98. The Labute approximate surface area is 120 Å². The summed E-state index contributed by atoms with van der Waals surface area (Å²) in [5, 5.41) is 0. The smallest absolute Gasteiger partial charge is 0.410 e. The fourth-order valence-electron chi connectivity index (χ4n) is 2.42. The number of ether oxygens (including phenoxy) is 1. The van der Waals surface area contributed by atoms with E-state index >= 15 is 0 Å². The quantitative estimate of drug-likeness (QED) is 0.792. The molecule has 1 aromatic rings. The lowest BCUT2D eigenvalue weighted by Crippen LogP contribution is -2.36. The summed E-state index contributed by atoms with van der Waals surface area (Å²) in [6.45, 7) is 8.90. The predicted molar refractivity (Wildman–Crippen MR) is 79.4 cm³/mol. The van der Waals surface area contributed by atoms with Crippen molar-refractivity contribution in [1.29, 1.82) is 0 Å². The first-order valence-electron chi connectivity index (χ1n) is 7.09. The van der Waals surface area contributed by atoms with Gasteiger partial charge in [0, 0.05) is 19.1 Å². The Hall–Kier alpha value is -1.55. The third-order valence-electron chi connectivity index (χ3n) is 3.42. The molecule has 0 bridgehead atoms. The van der Waals surface area contributed by atoms with Gasteiger partial charge in [-0.1, -0.05) is 23.8 Å². The molecule has 4 heteroatoms. The van der Waals surface area contributed by atoms with E-state index in [1.807, 2.05) is 20.8 Å². The van der Waals surface area contributed by atoms with Crippen LogP contribution in [0.15, 0.2) is 18.2 Å². The lowest BCUT2D eigenvalue weighted by Gasteiger charge is -2.26. The molecular formula is C16H24N2O2. The number of aryl methyl sites for hydroxylation is 1. The molecule has 1 aliphatic rings. The average Bonchev–Trinajstić information content (AvgIpc) is 2.48. The van der Waals surface area contributed by atoms with E-state index in [2.05, 4.69) is 25.1 Å². The average molecular weight is 276 g/mol. The molecule has 1 aromatic carbocycles. The molecule has 0 unspecified atom stereocenters. The molecule has 1 heterocycles. The number of carbonyl (C=O) groups excluding carboxylic acids is 1. The summed E-state index contributed by atoms with van der Waals surface area (Å²) >= 11 is 0. The molecule has 1 aliphatic heterocycles. The van der Waals surface area contributed by atoms with Gasteiger partial charge in [0.25, 0.3) is 0 Å². The first kappa shape index (κ1) is 14.9. The van der Waals surface area contributed by atoms with Crippen LogP contribution in [0.5, 0.6) is 0 Å². The molecule has 0 radical (unpaired) electrons. The highest BCUT2D eigenvalue weighted by Gasteiger charge is 2.26. The molecule has 0 aromatic heterocycles. The zero-order valence-electron chi connectivity index (χ0n) is 12.8. The number of amides is 1. The van der Waals surface area contributed by atoms with Crippen LogP contribution in [0, 0.1) is 6.92 Å². The monoisotopic (exact) mass is 276 g/mol. The van der Waals surface area contributed by atoms with Crippen molar-refractivity contribution in [2.75, 3.05) is 6.54 Å². The summed E-state index contributed by atoms with van der Waals surface area (Å²) in [5.74, 6) is 0.